The fraction of sp³-hybridized carbons (Fsp3) is 0.294. The molecule has 110 valence electrons. The zero-order valence-corrected chi connectivity index (χ0v) is 12.6. The van der Waals surface area contributed by atoms with E-state index in [0.29, 0.717) is 0 Å². The summed E-state index contributed by atoms with van der Waals surface area (Å²) in [6, 6.07) is 12.3. The number of nitrogens with zero attached hydrogens (tertiary/aromatic N) is 1. The van der Waals surface area contributed by atoms with Gasteiger partial charge in [0.15, 0.2) is 0 Å². The van der Waals surface area contributed by atoms with Gasteiger partial charge in [0.05, 0.1) is 0 Å². The summed E-state index contributed by atoms with van der Waals surface area (Å²) in [6.07, 6.45) is 3.60. The standard InChI is InChI=1S/C17H21N3O/c1-12(15-7-9-18-10-8-15)19-13(2)16-5-4-6-17(11-16)20-14(3)21/h4-13,19H,1-3H3,(H,20,21). The summed E-state index contributed by atoms with van der Waals surface area (Å²) in [7, 11) is 0. The number of aromatic nitrogens is 1. The van der Waals surface area contributed by atoms with Crippen LogP contribution in [0.1, 0.15) is 44.0 Å². The van der Waals surface area contributed by atoms with Gasteiger partial charge in [0.2, 0.25) is 5.91 Å². The second-order valence-electron chi connectivity index (χ2n) is 5.20. The Bertz CT molecular complexity index is 598. The molecule has 0 saturated heterocycles. The van der Waals surface area contributed by atoms with E-state index in [0.717, 1.165) is 11.3 Å². The SMILES string of the molecule is CC(=O)Nc1cccc(C(C)NC(C)c2ccncc2)c1. The van der Waals surface area contributed by atoms with Crippen LogP contribution in [0.4, 0.5) is 5.69 Å². The molecule has 1 aromatic heterocycles. The Labute approximate surface area is 125 Å². The molecule has 2 atom stereocenters. The van der Waals surface area contributed by atoms with E-state index < -0.39 is 0 Å². The summed E-state index contributed by atoms with van der Waals surface area (Å²) in [5, 5.41) is 6.36. The van der Waals surface area contributed by atoms with Crippen LogP contribution in [0.15, 0.2) is 48.8 Å². The fourth-order valence-corrected chi connectivity index (χ4v) is 2.31. The van der Waals surface area contributed by atoms with Crippen molar-refractivity contribution >= 4 is 11.6 Å². The van der Waals surface area contributed by atoms with Crippen LogP contribution < -0.4 is 10.6 Å². The molecule has 21 heavy (non-hydrogen) atoms. The smallest absolute Gasteiger partial charge is 0.221 e. The predicted molar refractivity (Wildman–Crippen MR) is 84.9 cm³/mol. The largest absolute Gasteiger partial charge is 0.326 e. The van der Waals surface area contributed by atoms with Crippen LogP contribution in [0.2, 0.25) is 0 Å². The van der Waals surface area contributed by atoms with Gasteiger partial charge in [-0.2, -0.15) is 0 Å². The number of anilines is 1. The van der Waals surface area contributed by atoms with E-state index in [2.05, 4.69) is 35.5 Å². The molecular weight excluding hydrogens is 262 g/mol. The normalized spacial score (nSPS) is 13.5. The zero-order chi connectivity index (χ0) is 15.2. The molecule has 0 bridgehead atoms. The minimum atomic E-state index is -0.0575. The molecule has 0 aliphatic rings. The van der Waals surface area contributed by atoms with Crippen molar-refractivity contribution in [1.29, 1.82) is 0 Å². The molecule has 0 aliphatic carbocycles. The second-order valence-corrected chi connectivity index (χ2v) is 5.20. The van der Waals surface area contributed by atoms with Crippen LogP contribution in [0.5, 0.6) is 0 Å². The maximum Gasteiger partial charge on any atom is 0.221 e. The van der Waals surface area contributed by atoms with Gasteiger partial charge in [-0.25, -0.2) is 0 Å². The van der Waals surface area contributed by atoms with Crippen molar-refractivity contribution in [3.63, 3.8) is 0 Å². The van der Waals surface area contributed by atoms with Gasteiger partial charge in [-0.1, -0.05) is 12.1 Å². The number of nitrogens with one attached hydrogen (secondary N) is 2. The highest BCUT2D eigenvalue weighted by Crippen LogP contribution is 2.21. The second kappa shape index (κ2) is 6.99. The Morgan fingerprint density at radius 1 is 1.05 bits per heavy atom. The third-order valence-electron chi connectivity index (χ3n) is 3.41. The molecule has 2 aromatic rings. The summed E-state index contributed by atoms with van der Waals surface area (Å²) in [5.41, 5.74) is 3.17. The molecule has 0 spiro atoms. The zero-order valence-electron chi connectivity index (χ0n) is 12.6. The molecule has 0 aliphatic heterocycles. The third-order valence-corrected chi connectivity index (χ3v) is 3.41. The van der Waals surface area contributed by atoms with E-state index in [1.165, 1.54) is 12.5 Å². The highest BCUT2D eigenvalue weighted by Gasteiger charge is 2.11. The van der Waals surface area contributed by atoms with E-state index in [9.17, 15) is 4.79 Å². The summed E-state index contributed by atoms with van der Waals surface area (Å²) < 4.78 is 0. The number of rotatable bonds is 5. The molecule has 1 amide bonds. The first kappa shape index (κ1) is 15.2. The molecule has 4 nitrogen and oxygen atoms in total. The van der Waals surface area contributed by atoms with E-state index in [1.54, 1.807) is 12.4 Å². The molecule has 1 heterocycles. The van der Waals surface area contributed by atoms with E-state index in [4.69, 9.17) is 0 Å². The van der Waals surface area contributed by atoms with Crippen LogP contribution >= 0.6 is 0 Å². The third kappa shape index (κ3) is 4.39. The van der Waals surface area contributed by atoms with Crippen LogP contribution in [-0.2, 0) is 4.79 Å². The number of pyridine rings is 1. The highest BCUT2D eigenvalue weighted by atomic mass is 16.1. The van der Waals surface area contributed by atoms with E-state index in [-0.39, 0.29) is 18.0 Å². The lowest BCUT2D eigenvalue weighted by atomic mass is 10.0. The van der Waals surface area contributed by atoms with Crippen molar-refractivity contribution in [3.8, 4) is 0 Å². The van der Waals surface area contributed by atoms with Gasteiger partial charge in [0.1, 0.15) is 0 Å². The van der Waals surface area contributed by atoms with Crippen LogP contribution in [0.25, 0.3) is 0 Å². The molecule has 2 unspecified atom stereocenters. The highest BCUT2D eigenvalue weighted by molar-refractivity contribution is 5.88. The van der Waals surface area contributed by atoms with Gasteiger partial charge in [0.25, 0.3) is 0 Å². The van der Waals surface area contributed by atoms with E-state index in [1.807, 2.05) is 30.3 Å². The van der Waals surface area contributed by atoms with Crippen LogP contribution in [0.3, 0.4) is 0 Å². The van der Waals surface area contributed by atoms with Crippen molar-refractivity contribution in [2.75, 3.05) is 5.32 Å². The van der Waals surface area contributed by atoms with E-state index >= 15 is 0 Å². The monoisotopic (exact) mass is 283 g/mol. The maximum atomic E-state index is 11.1. The molecule has 4 heteroatoms. The Hall–Kier alpha value is -2.20. The average molecular weight is 283 g/mol. The number of carbonyl (C=O) groups is 1. The first-order valence-corrected chi connectivity index (χ1v) is 7.10. The summed E-state index contributed by atoms with van der Waals surface area (Å²) in [4.78, 5) is 15.2. The van der Waals surface area contributed by atoms with Crippen molar-refractivity contribution in [3.05, 3.63) is 59.9 Å². The van der Waals surface area contributed by atoms with Crippen molar-refractivity contribution in [2.45, 2.75) is 32.9 Å². The lowest BCUT2D eigenvalue weighted by Gasteiger charge is -2.21. The Morgan fingerprint density at radius 3 is 2.38 bits per heavy atom. The average Bonchev–Trinajstić information content (AvgIpc) is 2.47. The summed E-state index contributed by atoms with van der Waals surface area (Å²) in [6.45, 7) is 5.76. The number of amides is 1. The van der Waals surface area contributed by atoms with Crippen LogP contribution in [-0.4, -0.2) is 10.9 Å². The minimum Gasteiger partial charge on any atom is -0.326 e. The molecule has 2 rings (SSSR count). The lowest BCUT2D eigenvalue weighted by Crippen LogP contribution is -2.22. The topological polar surface area (TPSA) is 54.0 Å². The van der Waals surface area contributed by atoms with Crippen molar-refractivity contribution < 1.29 is 4.79 Å². The van der Waals surface area contributed by atoms with Gasteiger partial charge >= 0.3 is 0 Å². The Balaban J connectivity index is 2.06. The van der Waals surface area contributed by atoms with Crippen molar-refractivity contribution in [1.82, 2.24) is 10.3 Å². The summed E-state index contributed by atoms with van der Waals surface area (Å²) in [5.74, 6) is -0.0575. The molecule has 1 aromatic carbocycles. The van der Waals surface area contributed by atoms with Gasteiger partial charge in [-0.15, -0.1) is 0 Å². The summed E-state index contributed by atoms with van der Waals surface area (Å²) >= 11 is 0. The maximum absolute atomic E-state index is 11.1. The molecule has 0 fully saturated rings. The Morgan fingerprint density at radius 2 is 1.71 bits per heavy atom. The molecular formula is C17H21N3O. The Kier molecular flexibility index (Phi) is 5.06. The van der Waals surface area contributed by atoms with Gasteiger partial charge in [-0.05, 0) is 49.2 Å². The lowest BCUT2D eigenvalue weighted by molar-refractivity contribution is -0.114. The predicted octanol–water partition coefficient (Wildman–Crippen LogP) is 3.45. The van der Waals surface area contributed by atoms with Gasteiger partial charge < -0.3 is 10.6 Å². The van der Waals surface area contributed by atoms with Crippen LogP contribution in [0, 0.1) is 0 Å². The van der Waals surface area contributed by atoms with Gasteiger partial charge in [-0.3, -0.25) is 9.78 Å². The first-order chi connectivity index (χ1) is 10.1. The molecule has 0 radical (unpaired) electrons. The fourth-order valence-electron chi connectivity index (χ4n) is 2.31. The number of hydrogen-bond acceptors (Lipinski definition) is 3. The van der Waals surface area contributed by atoms with Crippen molar-refractivity contribution in [2.24, 2.45) is 0 Å². The molecule has 2 N–H and O–H groups in total. The quantitative estimate of drug-likeness (QED) is 0.883. The number of carbonyl (C=O) groups excluding carboxylic acids is 1. The van der Waals surface area contributed by atoms with Gasteiger partial charge in [0, 0.05) is 37.1 Å². The molecule has 0 saturated carbocycles. The minimum absolute atomic E-state index is 0.0575. The first-order valence-electron chi connectivity index (χ1n) is 7.10. The number of hydrogen-bond donors (Lipinski definition) is 2. The number of benzene rings is 1.